The summed E-state index contributed by atoms with van der Waals surface area (Å²) in [6.07, 6.45) is 82.4. The van der Waals surface area contributed by atoms with Gasteiger partial charge in [-0.15, -0.1) is 0 Å². The molecule has 0 aromatic carbocycles. The molecule has 0 rings (SSSR count). The monoisotopic (exact) mass is 1930 g/mol. The summed E-state index contributed by atoms with van der Waals surface area (Å²) >= 11 is 0. The van der Waals surface area contributed by atoms with E-state index < -0.39 is 45.6 Å². The van der Waals surface area contributed by atoms with E-state index >= 15 is 0 Å². The van der Waals surface area contributed by atoms with Crippen LogP contribution in [0.1, 0.15) is 545 Å². The number of hydrogen-bond acceptors (Lipinski definition) is 18. The maximum Gasteiger partial charge on any atom is 6.00 e. The third-order valence-corrected chi connectivity index (χ3v) is 30.1. The van der Waals surface area contributed by atoms with Crippen LogP contribution in [-0.4, -0.2) is 76.6 Å². The molecule has 0 spiro atoms. The van der Waals surface area contributed by atoms with Crippen LogP contribution < -0.4 is 29.4 Å². The molecule has 0 N–H and O–H groups in total. The van der Waals surface area contributed by atoms with E-state index in [0.717, 1.165) is 193 Å². The van der Waals surface area contributed by atoms with Crippen molar-refractivity contribution < 1.29 is 105 Å². The van der Waals surface area contributed by atoms with Gasteiger partial charge in [-0.3, -0.25) is 0 Å². The third kappa shape index (κ3) is 130. The Balaban J connectivity index is -0.000000257. The third-order valence-electron chi connectivity index (χ3n) is 21.4. The van der Waals surface area contributed by atoms with Crippen LogP contribution in [0.15, 0.2) is 0 Å². The van der Waals surface area contributed by atoms with Crippen molar-refractivity contribution in [1.82, 2.24) is 0 Å². The van der Waals surface area contributed by atoms with Gasteiger partial charge in [0.15, 0.2) is 0 Å². The zero-order chi connectivity index (χ0) is 90.6. The van der Waals surface area contributed by atoms with Crippen LogP contribution in [0.3, 0.4) is 0 Å². The molecule has 0 radical (unpaired) electrons. The number of unbranched alkanes of at least 4 members (excludes halogenated alkanes) is 60. The van der Waals surface area contributed by atoms with Crippen LogP contribution in [-0.2, 0) is 75.6 Å². The summed E-state index contributed by atoms with van der Waals surface area (Å²) in [6, 6.07) is 0. The van der Waals surface area contributed by atoms with E-state index in [-0.39, 0.29) is 58.0 Å². The minimum atomic E-state index is -3.56. The first kappa shape index (κ1) is 136. The summed E-state index contributed by atoms with van der Waals surface area (Å²) in [5.74, 6) is 0. The van der Waals surface area contributed by atoms with E-state index in [9.17, 15) is 56.8 Å². The molecule has 0 aliphatic heterocycles. The summed E-state index contributed by atoms with van der Waals surface area (Å²) in [4.78, 5) is 70.0. The fraction of sp³-hybridized carbons (Fsp3) is 1.00. The molecule has 6 atom stereocenters. The van der Waals surface area contributed by atoms with Crippen molar-refractivity contribution in [3.8, 4) is 0 Å². The maximum absolute atomic E-state index is 11.7. The van der Waals surface area contributed by atoms with Gasteiger partial charge in [0.25, 0.3) is 0 Å². The zero-order valence-electron chi connectivity index (χ0n) is 81.8. The first-order chi connectivity index (χ1) is 57.7. The van der Waals surface area contributed by atoms with Crippen LogP contribution >= 0.6 is 45.6 Å². The second-order valence-corrected chi connectivity index (χ2v) is 45.8. The van der Waals surface area contributed by atoms with Gasteiger partial charge in [0.2, 0.25) is 0 Å². The summed E-state index contributed by atoms with van der Waals surface area (Å²) in [5.41, 5.74) is 0. The molecule has 732 valence electrons. The maximum atomic E-state index is 11.7. The average Bonchev–Trinajstić information content (AvgIpc) is 0.975. The molecular weight excluding hydrogens is 1720 g/mol. The molecular formula is C96H204MoO18P6. The van der Waals surface area contributed by atoms with Crippen molar-refractivity contribution in [3.63, 3.8) is 0 Å². The predicted octanol–water partition coefficient (Wildman–Crippen LogP) is 31.7. The SMILES string of the molecule is CCCCCCCCOP(=O)([O-])CCCCCCCC.CCCCCCCCOP(=O)([O-])CCCCCCCC.CCCCCCCCOP(=O)([O-])CCCCCCCC.CCCCCCCCOP(=O)([O-])CCCCCCCC.CCCCCCCCOP(=O)([O-])CCCCCCCC.CCCCCCCCOP(=O)([O-])CCCCCCCC.[Mo+6]. The Morgan fingerprint density at radius 1 is 0.132 bits per heavy atom. The molecule has 0 saturated heterocycles. The Morgan fingerprint density at radius 2 is 0.207 bits per heavy atom. The first-order valence-corrected chi connectivity index (χ1v) is 61.8. The van der Waals surface area contributed by atoms with Gasteiger partial charge >= 0.3 is 21.1 Å². The number of rotatable bonds is 90. The molecule has 0 heterocycles. The molecule has 0 aromatic heterocycles. The molecule has 25 heteroatoms. The van der Waals surface area contributed by atoms with Crippen molar-refractivity contribution in [2.24, 2.45) is 0 Å². The van der Waals surface area contributed by atoms with Gasteiger partial charge in [0.05, 0.1) is 39.6 Å². The van der Waals surface area contributed by atoms with Crippen LogP contribution in [0.2, 0.25) is 0 Å². The summed E-state index contributed by atoms with van der Waals surface area (Å²) < 4.78 is 100. The first-order valence-electron chi connectivity index (χ1n) is 51.4. The molecule has 0 aromatic rings. The van der Waals surface area contributed by atoms with Gasteiger partial charge in [0.1, 0.15) is 45.6 Å². The van der Waals surface area contributed by atoms with Crippen LogP contribution in [0, 0.1) is 0 Å². The van der Waals surface area contributed by atoms with Gasteiger partial charge in [0, 0.05) is 37.0 Å². The van der Waals surface area contributed by atoms with Crippen molar-refractivity contribution in [2.75, 3.05) is 76.6 Å². The summed E-state index contributed by atoms with van der Waals surface area (Å²) in [7, 11) is -21.4. The number of hydrogen-bond donors (Lipinski definition) is 0. The van der Waals surface area contributed by atoms with Gasteiger partial charge in [-0.2, -0.15) is 0 Å². The van der Waals surface area contributed by atoms with E-state index in [1.54, 1.807) is 0 Å². The van der Waals surface area contributed by atoms with E-state index in [4.69, 9.17) is 27.1 Å². The Bertz CT molecular complexity index is 1860. The second-order valence-electron chi connectivity index (χ2n) is 34.2. The summed E-state index contributed by atoms with van der Waals surface area (Å²) in [6.45, 7) is 28.5. The van der Waals surface area contributed by atoms with Crippen molar-refractivity contribution in [2.45, 2.75) is 545 Å². The Labute approximate surface area is 767 Å². The minimum Gasteiger partial charge on any atom is -0.778 e. The fourth-order valence-corrected chi connectivity index (χ4v) is 20.3. The Morgan fingerprint density at radius 3 is 0.298 bits per heavy atom. The largest absolute Gasteiger partial charge is 6.00 e. The predicted molar refractivity (Wildman–Crippen MR) is 511 cm³/mol. The molecule has 18 nitrogen and oxygen atoms in total. The van der Waals surface area contributed by atoms with E-state index in [2.05, 4.69) is 83.1 Å². The van der Waals surface area contributed by atoms with Crippen molar-refractivity contribution in [1.29, 1.82) is 0 Å². The topological polar surface area (TPSA) is 296 Å². The van der Waals surface area contributed by atoms with Crippen LogP contribution in [0.5, 0.6) is 0 Å². The molecule has 0 saturated carbocycles. The van der Waals surface area contributed by atoms with Gasteiger partial charge in [-0.1, -0.05) is 468 Å². The van der Waals surface area contributed by atoms with Crippen LogP contribution in [0.4, 0.5) is 0 Å². The van der Waals surface area contributed by atoms with Gasteiger partial charge < -0.3 is 83.9 Å². The van der Waals surface area contributed by atoms with Gasteiger partial charge in [-0.05, 0) is 77.0 Å². The standard InChI is InChI=1S/6C16H35O3P.Mo/c6*1-3-5-7-9-11-13-15-19-20(17,18)16-14-12-10-8-6-4-2;/h6*3-16H2,1-2H3,(H,17,18);/q;;;;;;+6/p-6. The molecule has 0 aliphatic rings. The average molecular weight is 1930 g/mol. The molecule has 0 bridgehead atoms. The van der Waals surface area contributed by atoms with Crippen molar-refractivity contribution >= 4 is 45.6 Å². The quantitative estimate of drug-likeness (QED) is 0.0310. The zero-order valence-corrected chi connectivity index (χ0v) is 89.2. The Hall–Kier alpha value is 1.59. The van der Waals surface area contributed by atoms with Gasteiger partial charge in [-0.25, -0.2) is 0 Å². The smallest absolute Gasteiger partial charge is 0.778 e. The van der Waals surface area contributed by atoms with Crippen LogP contribution in [0.25, 0.3) is 0 Å². The molecule has 0 amide bonds. The van der Waals surface area contributed by atoms with Crippen molar-refractivity contribution in [3.05, 3.63) is 0 Å². The Kier molecular flexibility index (Phi) is 122. The molecule has 121 heavy (non-hydrogen) atoms. The van der Waals surface area contributed by atoms with E-state index in [1.807, 2.05) is 0 Å². The normalized spacial score (nSPS) is 14.2. The van der Waals surface area contributed by atoms with E-state index in [1.165, 1.54) is 270 Å². The van der Waals surface area contributed by atoms with E-state index in [0.29, 0.717) is 39.6 Å². The minimum absolute atomic E-state index is 0. The second kappa shape index (κ2) is 109. The molecule has 0 aliphatic carbocycles. The summed E-state index contributed by atoms with van der Waals surface area (Å²) in [5, 5.41) is 0. The molecule has 0 fully saturated rings. The fourth-order valence-electron chi connectivity index (χ4n) is 13.4. The molecule has 6 unspecified atom stereocenters.